The number of hydrogen-bond donors (Lipinski definition) is 1. The zero-order valence-electron chi connectivity index (χ0n) is 15.4. The molecule has 0 bridgehead atoms. The van der Waals surface area contributed by atoms with E-state index in [-0.39, 0.29) is 31.6 Å². The van der Waals surface area contributed by atoms with Crippen LogP contribution in [0.4, 0.5) is 4.79 Å². The summed E-state index contributed by atoms with van der Waals surface area (Å²) in [5, 5.41) is 2.76. The summed E-state index contributed by atoms with van der Waals surface area (Å²) in [6.45, 7) is 0.879. The fourth-order valence-corrected chi connectivity index (χ4v) is 2.42. The second-order valence-corrected chi connectivity index (χ2v) is 6.02. The molecule has 0 aromatic heterocycles. The van der Waals surface area contributed by atoms with Crippen molar-refractivity contribution in [1.29, 1.82) is 0 Å². The summed E-state index contributed by atoms with van der Waals surface area (Å²) in [6, 6.07) is 18.8. The second kappa shape index (κ2) is 11.7. The molecule has 0 heterocycles. The third kappa shape index (κ3) is 8.37. The van der Waals surface area contributed by atoms with Crippen molar-refractivity contribution in [1.82, 2.24) is 5.32 Å². The van der Waals surface area contributed by atoms with Crippen molar-refractivity contribution in [3.8, 4) is 0 Å². The number of carbonyl (C=O) groups excluding carboxylic acids is 2. The van der Waals surface area contributed by atoms with Gasteiger partial charge in [0.2, 0.25) is 0 Å². The molecule has 2 aromatic rings. The van der Waals surface area contributed by atoms with E-state index in [0.717, 1.165) is 11.1 Å². The molecular formula is C21H25NO5. The maximum Gasteiger partial charge on any atom is 0.407 e. The summed E-state index contributed by atoms with van der Waals surface area (Å²) in [7, 11) is 1.34. The SMILES string of the molecule is COC(=O)CC[C@H](COCc1ccccc1)NC(=O)OCc1ccccc1. The van der Waals surface area contributed by atoms with Crippen molar-refractivity contribution in [3.05, 3.63) is 71.8 Å². The van der Waals surface area contributed by atoms with Gasteiger partial charge in [0.15, 0.2) is 0 Å². The Bertz CT molecular complexity index is 690. The summed E-state index contributed by atoms with van der Waals surface area (Å²) in [5.74, 6) is -0.331. The molecule has 2 rings (SSSR count). The van der Waals surface area contributed by atoms with Gasteiger partial charge in [0, 0.05) is 6.42 Å². The Hall–Kier alpha value is -2.86. The number of amides is 1. The molecule has 0 aliphatic carbocycles. The number of ether oxygens (including phenoxy) is 3. The van der Waals surface area contributed by atoms with Crippen LogP contribution in [0.25, 0.3) is 0 Å². The van der Waals surface area contributed by atoms with Crippen molar-refractivity contribution in [3.63, 3.8) is 0 Å². The number of carbonyl (C=O) groups is 2. The smallest absolute Gasteiger partial charge is 0.407 e. The summed E-state index contributed by atoms with van der Waals surface area (Å²) in [4.78, 5) is 23.5. The molecule has 0 saturated carbocycles. The number of esters is 1. The van der Waals surface area contributed by atoms with Gasteiger partial charge in [-0.15, -0.1) is 0 Å². The first-order chi connectivity index (χ1) is 13.2. The molecule has 1 N–H and O–H groups in total. The zero-order chi connectivity index (χ0) is 19.3. The minimum Gasteiger partial charge on any atom is -0.469 e. The Labute approximate surface area is 159 Å². The van der Waals surface area contributed by atoms with Crippen LogP contribution in [0.5, 0.6) is 0 Å². The fraction of sp³-hybridized carbons (Fsp3) is 0.333. The maximum atomic E-state index is 12.1. The van der Waals surface area contributed by atoms with E-state index < -0.39 is 6.09 Å². The van der Waals surface area contributed by atoms with Crippen LogP contribution in [0.1, 0.15) is 24.0 Å². The highest BCUT2D eigenvalue weighted by molar-refractivity contribution is 5.70. The Morgan fingerprint density at radius 2 is 1.52 bits per heavy atom. The number of benzene rings is 2. The zero-order valence-corrected chi connectivity index (χ0v) is 15.4. The van der Waals surface area contributed by atoms with Crippen LogP contribution in [0.15, 0.2) is 60.7 Å². The van der Waals surface area contributed by atoms with Crippen molar-refractivity contribution >= 4 is 12.1 Å². The third-order valence-electron chi connectivity index (χ3n) is 3.89. The molecule has 27 heavy (non-hydrogen) atoms. The van der Waals surface area contributed by atoms with Crippen molar-refractivity contribution < 1.29 is 23.8 Å². The van der Waals surface area contributed by atoms with Gasteiger partial charge in [-0.1, -0.05) is 60.7 Å². The highest BCUT2D eigenvalue weighted by Crippen LogP contribution is 2.06. The average molecular weight is 371 g/mol. The van der Waals surface area contributed by atoms with Gasteiger partial charge < -0.3 is 19.5 Å². The highest BCUT2D eigenvalue weighted by atomic mass is 16.5. The van der Waals surface area contributed by atoms with Gasteiger partial charge in [-0.2, -0.15) is 0 Å². The third-order valence-corrected chi connectivity index (χ3v) is 3.89. The minimum absolute atomic E-state index is 0.182. The Kier molecular flexibility index (Phi) is 8.86. The van der Waals surface area contributed by atoms with Crippen LogP contribution in [0.3, 0.4) is 0 Å². The van der Waals surface area contributed by atoms with E-state index in [1.165, 1.54) is 7.11 Å². The monoisotopic (exact) mass is 371 g/mol. The molecule has 0 fully saturated rings. The summed E-state index contributed by atoms with van der Waals surface area (Å²) in [6.07, 6.45) is 0.0496. The molecule has 0 saturated heterocycles. The van der Waals surface area contributed by atoms with Crippen LogP contribution in [0.2, 0.25) is 0 Å². The molecule has 0 spiro atoms. The number of alkyl carbamates (subject to hydrolysis) is 1. The number of hydrogen-bond acceptors (Lipinski definition) is 5. The fourth-order valence-electron chi connectivity index (χ4n) is 2.42. The maximum absolute atomic E-state index is 12.1. The van der Waals surface area contributed by atoms with Gasteiger partial charge in [0.05, 0.1) is 26.4 Å². The van der Waals surface area contributed by atoms with Gasteiger partial charge in [-0.3, -0.25) is 4.79 Å². The topological polar surface area (TPSA) is 73.9 Å². The van der Waals surface area contributed by atoms with Crippen molar-refractivity contribution in [2.45, 2.75) is 32.1 Å². The van der Waals surface area contributed by atoms with Crippen molar-refractivity contribution in [2.24, 2.45) is 0 Å². The largest absolute Gasteiger partial charge is 0.469 e. The molecule has 0 aliphatic rings. The van der Waals surface area contributed by atoms with Crippen LogP contribution in [-0.2, 0) is 32.2 Å². The number of methoxy groups -OCH3 is 1. The Morgan fingerprint density at radius 1 is 0.926 bits per heavy atom. The van der Waals surface area contributed by atoms with Gasteiger partial charge in [0.25, 0.3) is 0 Å². The lowest BCUT2D eigenvalue weighted by Gasteiger charge is -2.18. The molecule has 6 heteroatoms. The lowest BCUT2D eigenvalue weighted by molar-refractivity contribution is -0.140. The second-order valence-electron chi connectivity index (χ2n) is 6.02. The van der Waals surface area contributed by atoms with Gasteiger partial charge in [-0.05, 0) is 17.5 Å². The van der Waals surface area contributed by atoms with Crippen LogP contribution < -0.4 is 5.32 Å². The van der Waals surface area contributed by atoms with Gasteiger partial charge in [-0.25, -0.2) is 4.79 Å². The first kappa shape index (κ1) is 20.5. The molecule has 0 radical (unpaired) electrons. The number of nitrogens with one attached hydrogen (secondary N) is 1. The molecule has 144 valence electrons. The minimum atomic E-state index is -0.544. The standard InChI is InChI=1S/C21H25NO5/c1-25-20(23)13-12-19(16-26-14-17-8-4-2-5-9-17)22-21(24)27-15-18-10-6-3-7-11-18/h2-11,19H,12-16H2,1H3,(H,22,24)/t19-/m1/s1. The first-order valence-electron chi connectivity index (χ1n) is 8.83. The molecule has 1 atom stereocenters. The van der Waals surface area contributed by atoms with Crippen LogP contribution in [0, 0.1) is 0 Å². The van der Waals surface area contributed by atoms with E-state index in [9.17, 15) is 9.59 Å². The predicted molar refractivity (Wildman–Crippen MR) is 101 cm³/mol. The normalized spacial score (nSPS) is 11.4. The summed E-state index contributed by atoms with van der Waals surface area (Å²) < 4.78 is 15.6. The quantitative estimate of drug-likeness (QED) is 0.648. The van der Waals surface area contributed by atoms with Crippen LogP contribution in [-0.4, -0.2) is 31.8 Å². The van der Waals surface area contributed by atoms with E-state index in [1.807, 2.05) is 60.7 Å². The molecular weight excluding hydrogens is 346 g/mol. The lowest BCUT2D eigenvalue weighted by atomic mass is 10.1. The van der Waals surface area contributed by atoms with E-state index in [1.54, 1.807) is 0 Å². The predicted octanol–water partition coefficient (Wildman–Crippen LogP) is 3.45. The van der Waals surface area contributed by atoms with E-state index in [0.29, 0.717) is 13.0 Å². The molecule has 2 aromatic carbocycles. The molecule has 0 aliphatic heterocycles. The van der Waals surface area contributed by atoms with Crippen molar-refractivity contribution in [2.75, 3.05) is 13.7 Å². The van der Waals surface area contributed by atoms with E-state index >= 15 is 0 Å². The Morgan fingerprint density at radius 3 is 2.11 bits per heavy atom. The number of rotatable bonds is 10. The van der Waals surface area contributed by atoms with E-state index in [4.69, 9.17) is 9.47 Å². The first-order valence-corrected chi connectivity index (χ1v) is 8.83. The van der Waals surface area contributed by atoms with Gasteiger partial charge in [0.1, 0.15) is 6.61 Å². The lowest BCUT2D eigenvalue weighted by Crippen LogP contribution is -2.39. The molecule has 1 amide bonds. The molecule has 0 unspecified atom stereocenters. The highest BCUT2D eigenvalue weighted by Gasteiger charge is 2.16. The summed E-state index contributed by atoms with van der Waals surface area (Å²) >= 11 is 0. The van der Waals surface area contributed by atoms with Gasteiger partial charge >= 0.3 is 12.1 Å². The van der Waals surface area contributed by atoms with Crippen LogP contribution >= 0.6 is 0 Å². The Balaban J connectivity index is 1.80. The summed E-state index contributed by atoms with van der Waals surface area (Å²) in [5.41, 5.74) is 1.94. The average Bonchev–Trinajstić information content (AvgIpc) is 2.71. The molecule has 6 nitrogen and oxygen atoms in total. The van der Waals surface area contributed by atoms with E-state index in [2.05, 4.69) is 10.1 Å².